The van der Waals surface area contributed by atoms with E-state index in [0.29, 0.717) is 58.1 Å². The molecule has 43 heavy (non-hydrogen) atoms. The van der Waals surface area contributed by atoms with E-state index in [9.17, 15) is 9.90 Å². The van der Waals surface area contributed by atoms with Crippen LogP contribution in [-0.2, 0) is 4.79 Å². The van der Waals surface area contributed by atoms with E-state index in [-0.39, 0.29) is 30.0 Å². The molecule has 1 unspecified atom stereocenters. The van der Waals surface area contributed by atoms with Gasteiger partial charge in [-0.1, -0.05) is 35.4 Å². The monoisotopic (exact) mass is 624 g/mol. The molecule has 0 fully saturated rings. The molecule has 9 nitrogen and oxygen atoms in total. The highest BCUT2D eigenvalue weighted by molar-refractivity contribution is 6.38. The Morgan fingerprint density at radius 2 is 1.67 bits per heavy atom. The third-order valence-electron chi connectivity index (χ3n) is 7.65. The number of amides is 1. The lowest BCUT2D eigenvalue weighted by atomic mass is 9.76. The van der Waals surface area contributed by atoms with Gasteiger partial charge in [-0.2, -0.15) is 5.10 Å². The van der Waals surface area contributed by atoms with Gasteiger partial charge in [0.25, 0.3) is 5.91 Å². The topological polar surface area (TPSA) is 119 Å². The van der Waals surface area contributed by atoms with Gasteiger partial charge in [0.05, 0.1) is 53.4 Å². The van der Waals surface area contributed by atoms with E-state index in [0.717, 1.165) is 17.7 Å². The van der Waals surface area contributed by atoms with Crippen LogP contribution in [0.1, 0.15) is 30.1 Å². The maximum atomic E-state index is 13.6. The van der Waals surface area contributed by atoms with Crippen molar-refractivity contribution < 1.29 is 24.1 Å². The first kappa shape index (κ1) is 30.7. The van der Waals surface area contributed by atoms with Crippen molar-refractivity contribution in [3.05, 3.63) is 87.9 Å². The van der Waals surface area contributed by atoms with E-state index in [1.54, 1.807) is 26.4 Å². The number of carbonyl (C=O) groups excluding carboxylic acids is 1. The van der Waals surface area contributed by atoms with Gasteiger partial charge in [-0.15, -0.1) is 0 Å². The van der Waals surface area contributed by atoms with Gasteiger partial charge in [0.1, 0.15) is 12.4 Å². The molecule has 1 aliphatic carbocycles. The van der Waals surface area contributed by atoms with Crippen LogP contribution in [0.2, 0.25) is 10.0 Å². The summed E-state index contributed by atoms with van der Waals surface area (Å²) in [6.07, 6.45) is 4.79. The maximum Gasteiger partial charge on any atom is 0.251 e. The van der Waals surface area contributed by atoms with E-state index in [1.807, 2.05) is 42.5 Å². The minimum Gasteiger partial charge on any atom is -0.493 e. The highest BCUT2D eigenvalue weighted by Gasteiger charge is 2.40. The molecule has 4 N–H and O–H groups in total. The Bertz CT molecular complexity index is 1510. The summed E-state index contributed by atoms with van der Waals surface area (Å²) in [4.78, 5) is 13.6. The molecule has 2 aliphatic rings. The number of anilines is 2. The highest BCUT2D eigenvalue weighted by Crippen LogP contribution is 2.38. The van der Waals surface area contributed by atoms with Gasteiger partial charge < -0.3 is 30.4 Å². The number of fused-ring (bicyclic) bond motifs is 1. The third-order valence-corrected chi connectivity index (χ3v) is 8.27. The normalized spacial score (nSPS) is 18.6. The largest absolute Gasteiger partial charge is 0.493 e. The van der Waals surface area contributed by atoms with E-state index in [1.165, 1.54) is 5.01 Å². The second kappa shape index (κ2) is 13.7. The van der Waals surface area contributed by atoms with Gasteiger partial charge in [-0.05, 0) is 73.0 Å². The third kappa shape index (κ3) is 6.75. The van der Waals surface area contributed by atoms with Crippen LogP contribution in [0, 0.1) is 11.8 Å². The number of aliphatic hydroxyl groups is 1. The first-order valence-electron chi connectivity index (χ1n) is 14.0. The van der Waals surface area contributed by atoms with Crippen LogP contribution in [0.5, 0.6) is 17.2 Å². The average molecular weight is 626 g/mol. The van der Waals surface area contributed by atoms with E-state index >= 15 is 0 Å². The van der Waals surface area contributed by atoms with Crippen LogP contribution >= 0.6 is 23.2 Å². The summed E-state index contributed by atoms with van der Waals surface area (Å²) < 4.78 is 16.8. The second-order valence-electron chi connectivity index (χ2n) is 10.3. The predicted octanol–water partition coefficient (Wildman–Crippen LogP) is 5.63. The van der Waals surface area contributed by atoms with Crippen molar-refractivity contribution in [2.24, 2.45) is 16.9 Å². The predicted molar refractivity (Wildman–Crippen MR) is 170 cm³/mol. The van der Waals surface area contributed by atoms with Crippen molar-refractivity contribution in [2.75, 3.05) is 44.7 Å². The van der Waals surface area contributed by atoms with Gasteiger partial charge in [-0.3, -0.25) is 4.79 Å². The summed E-state index contributed by atoms with van der Waals surface area (Å²) in [6, 6.07) is 16.2. The maximum absolute atomic E-state index is 13.6. The number of hydrazone groups is 1. The first-order chi connectivity index (χ1) is 20.8. The molecular formula is C32H34Cl2N4O5. The summed E-state index contributed by atoms with van der Waals surface area (Å²) in [5, 5.41) is 20.6. The van der Waals surface area contributed by atoms with E-state index < -0.39 is 6.10 Å². The van der Waals surface area contributed by atoms with Gasteiger partial charge in [-0.25, -0.2) is 5.01 Å². The van der Waals surface area contributed by atoms with Crippen LogP contribution in [-0.4, -0.2) is 50.6 Å². The number of ether oxygens (including phenoxy) is 3. The molecule has 3 atom stereocenters. The number of nitrogens with one attached hydrogen (secondary N) is 1. The Balaban J connectivity index is 1.23. The number of nitrogens with zero attached hydrogens (tertiary/aromatic N) is 2. The molecule has 3 aromatic carbocycles. The number of hydrogen-bond acceptors (Lipinski definition) is 8. The number of halogens is 2. The number of allylic oxidation sites excluding steroid dienone is 2. The molecule has 0 radical (unpaired) electrons. The lowest BCUT2D eigenvalue weighted by molar-refractivity contribution is -0.123. The smallest absolute Gasteiger partial charge is 0.251 e. The molecule has 3 aromatic rings. The van der Waals surface area contributed by atoms with Gasteiger partial charge in [0, 0.05) is 24.6 Å². The van der Waals surface area contributed by atoms with Crippen LogP contribution in [0.4, 0.5) is 11.4 Å². The molecule has 0 bridgehead atoms. The highest BCUT2D eigenvalue weighted by atomic mass is 35.5. The summed E-state index contributed by atoms with van der Waals surface area (Å²) in [6.45, 7) is 1.15. The quantitative estimate of drug-likeness (QED) is 0.144. The van der Waals surface area contributed by atoms with Gasteiger partial charge >= 0.3 is 0 Å². The van der Waals surface area contributed by atoms with Crippen molar-refractivity contribution in [2.45, 2.75) is 18.9 Å². The minimum absolute atomic E-state index is 0.0190. The van der Waals surface area contributed by atoms with Crippen LogP contribution in [0.25, 0.3) is 0 Å². The molecular weight excluding hydrogens is 591 g/mol. The number of benzene rings is 3. The molecule has 1 aliphatic heterocycles. The molecule has 226 valence electrons. The Morgan fingerprint density at radius 3 is 2.35 bits per heavy atom. The lowest BCUT2D eigenvalue weighted by Crippen LogP contribution is -2.45. The molecule has 0 spiro atoms. The van der Waals surface area contributed by atoms with E-state index in [4.69, 9.17) is 48.2 Å². The SMILES string of the molecule is COc1ccc(C2=NN(c3ccc(OCCNCC(O)c4cc(Cl)c(N)c(Cl)c4)cc3)C(=O)[C@@H]3CC=CC[C@H]23)cc1OC. The van der Waals surface area contributed by atoms with Crippen molar-refractivity contribution in [1.82, 2.24) is 5.32 Å². The van der Waals surface area contributed by atoms with Crippen molar-refractivity contribution in [3.63, 3.8) is 0 Å². The standard InChI is InChI=1S/C32H34Cl2N4O5/c1-41-28-12-7-19(17-29(28)42-2)31-23-5-3-4-6-24(23)32(40)38(37-31)21-8-10-22(11-9-21)43-14-13-36-18-27(39)20-15-25(33)30(35)26(34)16-20/h3-4,7-12,15-17,23-24,27,36,39H,5-6,13-14,18,35H2,1-2H3/t23-,24+,27?/m0/s1. The molecule has 5 rings (SSSR count). The molecule has 0 aromatic heterocycles. The lowest BCUT2D eigenvalue weighted by Gasteiger charge is -2.37. The minimum atomic E-state index is -0.805. The number of rotatable bonds is 11. The zero-order valence-corrected chi connectivity index (χ0v) is 25.4. The summed E-state index contributed by atoms with van der Waals surface area (Å²) in [5.41, 5.74) is 9.02. The number of aliphatic hydroxyl groups excluding tert-OH is 1. The zero-order chi connectivity index (χ0) is 30.5. The molecule has 1 heterocycles. The van der Waals surface area contributed by atoms with Crippen LogP contribution < -0.4 is 30.3 Å². The second-order valence-corrected chi connectivity index (χ2v) is 11.1. The Kier molecular flexibility index (Phi) is 9.77. The summed E-state index contributed by atoms with van der Waals surface area (Å²) >= 11 is 12.1. The molecule has 0 saturated heterocycles. The van der Waals surface area contributed by atoms with Gasteiger partial charge in [0.15, 0.2) is 11.5 Å². The Labute approximate surface area is 260 Å². The molecule has 1 amide bonds. The van der Waals surface area contributed by atoms with E-state index in [2.05, 4.69) is 17.5 Å². The fraction of sp³-hybridized carbons (Fsp3) is 0.312. The molecule has 0 saturated carbocycles. The Hall–Kier alpha value is -3.76. The van der Waals surface area contributed by atoms with Crippen molar-refractivity contribution in [3.8, 4) is 17.2 Å². The van der Waals surface area contributed by atoms with Crippen LogP contribution in [0.3, 0.4) is 0 Å². The number of hydrogen-bond donors (Lipinski definition) is 3. The average Bonchev–Trinajstić information content (AvgIpc) is 3.03. The number of carbonyl (C=O) groups is 1. The van der Waals surface area contributed by atoms with Crippen molar-refractivity contribution in [1.29, 1.82) is 0 Å². The first-order valence-corrected chi connectivity index (χ1v) is 14.7. The summed E-state index contributed by atoms with van der Waals surface area (Å²) in [5.74, 6) is 1.64. The summed E-state index contributed by atoms with van der Waals surface area (Å²) in [7, 11) is 3.20. The van der Waals surface area contributed by atoms with Gasteiger partial charge in [0.2, 0.25) is 0 Å². The van der Waals surface area contributed by atoms with Crippen LogP contribution in [0.15, 0.2) is 71.9 Å². The fourth-order valence-electron chi connectivity index (χ4n) is 5.31. The molecule has 11 heteroatoms. The number of nitrogen functional groups attached to an aromatic ring is 1. The fourth-order valence-corrected chi connectivity index (χ4v) is 5.81. The van der Waals surface area contributed by atoms with Crippen molar-refractivity contribution >= 4 is 46.2 Å². The zero-order valence-electron chi connectivity index (χ0n) is 23.9. The Morgan fingerprint density at radius 1 is 1.00 bits per heavy atom. The number of nitrogens with two attached hydrogens (primary N) is 1. The number of methoxy groups -OCH3 is 2.